The van der Waals surface area contributed by atoms with E-state index in [1.54, 1.807) is 0 Å². The number of fused-ring (bicyclic) bond motifs is 1. The fourth-order valence-corrected chi connectivity index (χ4v) is 3.77. The highest BCUT2D eigenvalue weighted by atomic mass is 32.1. The minimum atomic E-state index is -0.0925. The average molecular weight is 362 g/mol. The molecule has 130 valence electrons. The van der Waals surface area contributed by atoms with E-state index in [-0.39, 0.29) is 11.9 Å². The van der Waals surface area contributed by atoms with Crippen LogP contribution in [-0.4, -0.2) is 20.7 Å². The number of nitrogens with zero attached hydrogens (tertiary/aromatic N) is 3. The van der Waals surface area contributed by atoms with Crippen molar-refractivity contribution >= 4 is 33.1 Å². The van der Waals surface area contributed by atoms with Crippen LogP contribution in [0.1, 0.15) is 23.0 Å². The van der Waals surface area contributed by atoms with Crippen LogP contribution in [0.25, 0.3) is 10.8 Å². The predicted octanol–water partition coefficient (Wildman–Crippen LogP) is 4.42. The molecule has 0 radical (unpaired) electrons. The molecular formula is C20H18N4OS. The Morgan fingerprint density at radius 3 is 2.62 bits per heavy atom. The third-order valence-corrected chi connectivity index (χ3v) is 5.08. The summed E-state index contributed by atoms with van der Waals surface area (Å²) in [6, 6.07) is 18.3. The van der Waals surface area contributed by atoms with Crippen molar-refractivity contribution in [2.75, 3.05) is 5.32 Å². The molecule has 4 aromatic rings. The van der Waals surface area contributed by atoms with Gasteiger partial charge in [0.05, 0.1) is 12.5 Å². The summed E-state index contributed by atoms with van der Waals surface area (Å²) < 4.78 is 2.08. The summed E-state index contributed by atoms with van der Waals surface area (Å²) >= 11 is 1.38. The first kappa shape index (κ1) is 16.5. The van der Waals surface area contributed by atoms with E-state index in [1.165, 1.54) is 16.7 Å². The van der Waals surface area contributed by atoms with Crippen LogP contribution in [0, 0.1) is 6.92 Å². The summed E-state index contributed by atoms with van der Waals surface area (Å²) in [5, 5.41) is 14.5. The summed E-state index contributed by atoms with van der Waals surface area (Å²) in [7, 11) is 0. The fraction of sp³-hybridized carbons (Fsp3) is 0.150. The number of nitrogens with one attached hydrogen (secondary N) is 1. The molecule has 0 saturated heterocycles. The molecule has 6 heteroatoms. The molecule has 1 unspecified atom stereocenters. The van der Waals surface area contributed by atoms with Crippen LogP contribution in [0.15, 0.2) is 67.0 Å². The van der Waals surface area contributed by atoms with Crippen LogP contribution in [0.2, 0.25) is 0 Å². The Kier molecular flexibility index (Phi) is 4.50. The molecule has 0 aliphatic heterocycles. The number of aromatic nitrogens is 3. The summed E-state index contributed by atoms with van der Waals surface area (Å²) in [6.07, 6.45) is 4.31. The van der Waals surface area contributed by atoms with Crippen molar-refractivity contribution in [3.8, 4) is 0 Å². The Morgan fingerprint density at radius 1 is 1.08 bits per heavy atom. The number of carbonyl (C=O) groups excluding carboxylic acids is 1. The van der Waals surface area contributed by atoms with Crippen molar-refractivity contribution in [2.24, 2.45) is 0 Å². The monoisotopic (exact) mass is 362 g/mol. The molecule has 4 rings (SSSR count). The third kappa shape index (κ3) is 3.36. The van der Waals surface area contributed by atoms with Crippen molar-refractivity contribution in [1.82, 2.24) is 14.8 Å². The van der Waals surface area contributed by atoms with Gasteiger partial charge in [-0.25, -0.2) is 0 Å². The lowest BCUT2D eigenvalue weighted by Crippen LogP contribution is -2.19. The molecule has 1 N–H and O–H groups in total. The van der Waals surface area contributed by atoms with Crippen LogP contribution >= 0.6 is 11.3 Å². The van der Waals surface area contributed by atoms with Gasteiger partial charge >= 0.3 is 0 Å². The van der Waals surface area contributed by atoms with Crippen molar-refractivity contribution in [3.05, 3.63) is 77.6 Å². The van der Waals surface area contributed by atoms with E-state index in [9.17, 15) is 4.79 Å². The fourth-order valence-electron chi connectivity index (χ4n) is 3.17. The number of carbonyl (C=O) groups is 1. The van der Waals surface area contributed by atoms with Crippen LogP contribution in [-0.2, 0) is 4.79 Å². The zero-order valence-electron chi connectivity index (χ0n) is 14.3. The van der Waals surface area contributed by atoms with Gasteiger partial charge in [-0.1, -0.05) is 53.8 Å². The maximum Gasteiger partial charge on any atom is 0.228 e. The number of aryl methyl sites for hydroxylation is 1. The molecule has 0 aliphatic rings. The summed E-state index contributed by atoms with van der Waals surface area (Å²) in [4.78, 5) is 12.7. The van der Waals surface area contributed by atoms with E-state index >= 15 is 0 Å². The van der Waals surface area contributed by atoms with Gasteiger partial charge in [0.25, 0.3) is 0 Å². The average Bonchev–Trinajstić information content (AvgIpc) is 3.31. The van der Waals surface area contributed by atoms with E-state index in [2.05, 4.69) is 44.3 Å². The number of hydrogen-bond donors (Lipinski definition) is 1. The summed E-state index contributed by atoms with van der Waals surface area (Å²) in [6.45, 7) is 1.87. The number of amides is 1. The highest BCUT2D eigenvalue weighted by Gasteiger charge is 2.20. The first-order chi connectivity index (χ1) is 12.7. The zero-order chi connectivity index (χ0) is 17.9. The standard InChI is InChI=1S/C20H18N4OS/c1-14-22-23-20(26-14)21-19(25)13-18(24-11-4-5-12-24)17-10-6-8-15-7-2-3-9-16(15)17/h2-12,18H,13H2,1H3,(H,21,23,25). The molecule has 0 bridgehead atoms. The van der Waals surface area contributed by atoms with Gasteiger partial charge in [-0.05, 0) is 35.4 Å². The quantitative estimate of drug-likeness (QED) is 0.572. The lowest BCUT2D eigenvalue weighted by atomic mass is 9.96. The Labute approximate surface area is 155 Å². The van der Waals surface area contributed by atoms with Gasteiger partial charge in [-0.3, -0.25) is 4.79 Å². The Bertz CT molecular complexity index is 1030. The molecule has 0 fully saturated rings. The van der Waals surface area contributed by atoms with Gasteiger partial charge in [0.1, 0.15) is 5.01 Å². The van der Waals surface area contributed by atoms with Crippen molar-refractivity contribution in [3.63, 3.8) is 0 Å². The summed E-state index contributed by atoms with van der Waals surface area (Å²) in [5.74, 6) is -0.0761. The third-order valence-electron chi connectivity index (χ3n) is 4.32. The maximum atomic E-state index is 12.7. The van der Waals surface area contributed by atoms with E-state index in [4.69, 9.17) is 0 Å². The molecule has 26 heavy (non-hydrogen) atoms. The second kappa shape index (κ2) is 7.09. The molecule has 2 aromatic carbocycles. The second-order valence-electron chi connectivity index (χ2n) is 6.09. The zero-order valence-corrected chi connectivity index (χ0v) is 15.1. The molecular weight excluding hydrogens is 344 g/mol. The largest absolute Gasteiger partial charge is 0.346 e. The van der Waals surface area contributed by atoms with Crippen LogP contribution in [0.3, 0.4) is 0 Å². The molecule has 0 aliphatic carbocycles. The highest BCUT2D eigenvalue weighted by Crippen LogP contribution is 2.30. The minimum Gasteiger partial charge on any atom is -0.346 e. The Balaban J connectivity index is 1.68. The van der Waals surface area contributed by atoms with E-state index in [0.717, 1.165) is 16.0 Å². The number of benzene rings is 2. The molecule has 5 nitrogen and oxygen atoms in total. The molecule has 0 saturated carbocycles. The van der Waals surface area contributed by atoms with Gasteiger partial charge in [0, 0.05) is 12.4 Å². The van der Waals surface area contributed by atoms with Crippen molar-refractivity contribution in [1.29, 1.82) is 0 Å². The number of rotatable bonds is 5. The lowest BCUT2D eigenvalue weighted by molar-refractivity contribution is -0.116. The lowest BCUT2D eigenvalue weighted by Gasteiger charge is -2.21. The van der Waals surface area contributed by atoms with Gasteiger partial charge in [0.15, 0.2) is 0 Å². The van der Waals surface area contributed by atoms with Gasteiger partial charge in [0.2, 0.25) is 11.0 Å². The van der Waals surface area contributed by atoms with Gasteiger partial charge < -0.3 is 9.88 Å². The van der Waals surface area contributed by atoms with Gasteiger partial charge in [-0.2, -0.15) is 0 Å². The predicted molar refractivity (Wildman–Crippen MR) is 104 cm³/mol. The molecule has 2 aromatic heterocycles. The summed E-state index contributed by atoms with van der Waals surface area (Å²) in [5.41, 5.74) is 1.13. The maximum absolute atomic E-state index is 12.7. The molecule has 1 amide bonds. The van der Waals surface area contributed by atoms with Crippen LogP contribution < -0.4 is 5.32 Å². The Morgan fingerprint density at radius 2 is 1.85 bits per heavy atom. The van der Waals surface area contributed by atoms with Crippen LogP contribution in [0.4, 0.5) is 5.13 Å². The topological polar surface area (TPSA) is 59.8 Å². The highest BCUT2D eigenvalue weighted by molar-refractivity contribution is 7.15. The molecule has 1 atom stereocenters. The number of anilines is 1. The van der Waals surface area contributed by atoms with Crippen molar-refractivity contribution < 1.29 is 4.79 Å². The van der Waals surface area contributed by atoms with Gasteiger partial charge in [-0.15, -0.1) is 10.2 Å². The molecule has 0 spiro atoms. The second-order valence-corrected chi connectivity index (χ2v) is 7.27. The Hall–Kier alpha value is -2.99. The molecule has 2 heterocycles. The van der Waals surface area contributed by atoms with Crippen molar-refractivity contribution in [2.45, 2.75) is 19.4 Å². The SMILES string of the molecule is Cc1nnc(NC(=O)CC(c2cccc3ccccc23)n2cccc2)s1. The first-order valence-corrected chi connectivity index (χ1v) is 9.22. The van der Waals surface area contributed by atoms with E-state index < -0.39 is 0 Å². The van der Waals surface area contributed by atoms with E-state index in [1.807, 2.05) is 49.6 Å². The van der Waals surface area contributed by atoms with E-state index in [0.29, 0.717) is 11.6 Å². The normalized spacial score (nSPS) is 12.2. The van der Waals surface area contributed by atoms with Crippen LogP contribution in [0.5, 0.6) is 0 Å². The smallest absolute Gasteiger partial charge is 0.228 e. The number of hydrogen-bond acceptors (Lipinski definition) is 4. The first-order valence-electron chi connectivity index (χ1n) is 8.41. The minimum absolute atomic E-state index is 0.0761.